The summed E-state index contributed by atoms with van der Waals surface area (Å²) in [7, 11) is 0. The van der Waals surface area contributed by atoms with Gasteiger partial charge in [-0.2, -0.15) is 0 Å². The fraction of sp³-hybridized carbons (Fsp3) is 0.286. The maximum atomic E-state index is 12.0. The molecule has 4 heteroatoms. The molecule has 1 heterocycles. The second-order valence-electron chi connectivity index (χ2n) is 4.25. The molecule has 1 aromatic carbocycles. The molecule has 0 aliphatic carbocycles. The van der Waals surface area contributed by atoms with Crippen molar-refractivity contribution < 1.29 is 9.59 Å². The number of nitrogens with one attached hydrogen (secondary N) is 1. The Morgan fingerprint density at radius 1 is 1.33 bits per heavy atom. The fourth-order valence-corrected chi connectivity index (χ4v) is 2.06. The van der Waals surface area contributed by atoms with Gasteiger partial charge >= 0.3 is 0 Å². The van der Waals surface area contributed by atoms with Crippen LogP contribution in [0, 0.1) is 0 Å². The quantitative estimate of drug-likeness (QED) is 0.861. The molecule has 1 N–H and O–H groups in total. The van der Waals surface area contributed by atoms with E-state index in [1.54, 1.807) is 6.20 Å². The molecule has 1 aromatic rings. The van der Waals surface area contributed by atoms with Gasteiger partial charge in [0.15, 0.2) is 0 Å². The van der Waals surface area contributed by atoms with E-state index in [4.69, 9.17) is 0 Å². The number of rotatable bonds is 2. The van der Waals surface area contributed by atoms with Crippen LogP contribution in [0.1, 0.15) is 25.8 Å². The summed E-state index contributed by atoms with van der Waals surface area (Å²) in [6.45, 7) is 3.36. The van der Waals surface area contributed by atoms with Crippen molar-refractivity contribution >= 4 is 17.5 Å². The van der Waals surface area contributed by atoms with E-state index in [1.807, 2.05) is 37.3 Å². The van der Waals surface area contributed by atoms with Gasteiger partial charge in [0.1, 0.15) is 6.04 Å². The van der Waals surface area contributed by atoms with E-state index in [2.05, 4.69) is 5.32 Å². The van der Waals surface area contributed by atoms with Gasteiger partial charge in [-0.3, -0.25) is 9.59 Å². The molecule has 18 heavy (non-hydrogen) atoms. The minimum Gasteiger partial charge on any atom is -0.322 e. The first-order valence-corrected chi connectivity index (χ1v) is 6.00. The van der Waals surface area contributed by atoms with Crippen LogP contribution in [-0.2, 0) is 9.59 Å². The first kappa shape index (κ1) is 12.4. The Morgan fingerprint density at radius 2 is 2.00 bits per heavy atom. The Kier molecular flexibility index (Phi) is 3.46. The second-order valence-corrected chi connectivity index (χ2v) is 4.25. The summed E-state index contributed by atoms with van der Waals surface area (Å²) in [5, 5.41) is 2.85. The summed E-state index contributed by atoms with van der Waals surface area (Å²) >= 11 is 0. The van der Waals surface area contributed by atoms with Crippen LogP contribution < -0.4 is 5.32 Å². The van der Waals surface area contributed by atoms with Gasteiger partial charge in [0.25, 0.3) is 0 Å². The molecule has 2 rings (SSSR count). The van der Waals surface area contributed by atoms with Crippen LogP contribution >= 0.6 is 0 Å². The average molecular weight is 244 g/mol. The molecule has 94 valence electrons. The summed E-state index contributed by atoms with van der Waals surface area (Å²) in [6.07, 6.45) is 2.32. The molecule has 2 amide bonds. The van der Waals surface area contributed by atoms with Crippen LogP contribution in [0.5, 0.6) is 0 Å². The number of hydrogen-bond acceptors (Lipinski definition) is 2. The highest BCUT2D eigenvalue weighted by Crippen LogP contribution is 2.20. The predicted molar refractivity (Wildman–Crippen MR) is 69.2 cm³/mol. The van der Waals surface area contributed by atoms with Crippen LogP contribution in [0.2, 0.25) is 0 Å². The zero-order valence-corrected chi connectivity index (χ0v) is 10.5. The Hall–Kier alpha value is -2.10. The van der Waals surface area contributed by atoms with Gasteiger partial charge in [-0.25, -0.2) is 0 Å². The standard InChI is InChI=1S/C14H16N2O2/c1-3-13-14(18)15-12(9-16(13)10(2)17)11-7-5-4-6-8-11/h4-9,13H,3H2,1-2H3,(H,15,18). The summed E-state index contributed by atoms with van der Waals surface area (Å²) < 4.78 is 0. The minimum absolute atomic E-state index is 0.120. The molecular formula is C14H16N2O2. The molecule has 0 radical (unpaired) electrons. The molecule has 0 bridgehead atoms. The maximum Gasteiger partial charge on any atom is 0.247 e. The Labute approximate surface area is 106 Å². The number of nitrogens with zero attached hydrogens (tertiary/aromatic N) is 1. The first-order valence-electron chi connectivity index (χ1n) is 6.00. The molecule has 0 aromatic heterocycles. The Balaban J connectivity index is 2.38. The van der Waals surface area contributed by atoms with Crippen molar-refractivity contribution in [2.24, 2.45) is 0 Å². The molecule has 1 aliphatic heterocycles. The molecule has 0 saturated heterocycles. The largest absolute Gasteiger partial charge is 0.322 e. The minimum atomic E-state index is -0.407. The summed E-state index contributed by atoms with van der Waals surface area (Å²) in [6, 6.07) is 9.09. The lowest BCUT2D eigenvalue weighted by Crippen LogP contribution is -2.49. The molecule has 1 atom stereocenters. The van der Waals surface area contributed by atoms with Crippen molar-refractivity contribution in [2.45, 2.75) is 26.3 Å². The van der Waals surface area contributed by atoms with Gasteiger partial charge < -0.3 is 10.2 Å². The Bertz CT molecular complexity index is 494. The lowest BCUT2D eigenvalue weighted by molar-refractivity contribution is -0.136. The first-order chi connectivity index (χ1) is 8.63. The zero-order chi connectivity index (χ0) is 13.1. The van der Waals surface area contributed by atoms with Crippen molar-refractivity contribution in [2.75, 3.05) is 0 Å². The van der Waals surface area contributed by atoms with Gasteiger partial charge in [-0.1, -0.05) is 37.3 Å². The van der Waals surface area contributed by atoms with Crippen molar-refractivity contribution in [1.82, 2.24) is 10.2 Å². The highest BCUT2D eigenvalue weighted by molar-refractivity contribution is 5.96. The molecule has 0 fully saturated rings. The van der Waals surface area contributed by atoms with Crippen LogP contribution in [0.25, 0.3) is 5.70 Å². The third kappa shape index (κ3) is 2.27. The van der Waals surface area contributed by atoms with Crippen molar-refractivity contribution in [3.8, 4) is 0 Å². The van der Waals surface area contributed by atoms with E-state index in [9.17, 15) is 9.59 Å². The normalized spacial score (nSPS) is 19.2. The topological polar surface area (TPSA) is 49.4 Å². The predicted octanol–water partition coefficient (Wildman–Crippen LogP) is 1.74. The number of benzene rings is 1. The van der Waals surface area contributed by atoms with Crippen LogP contribution in [0.3, 0.4) is 0 Å². The SMILES string of the molecule is CCC1C(=O)NC(c2ccccc2)=CN1C(C)=O. The van der Waals surface area contributed by atoms with Crippen molar-refractivity contribution in [3.05, 3.63) is 42.1 Å². The number of carbonyl (C=O) groups is 2. The van der Waals surface area contributed by atoms with Gasteiger partial charge in [-0.15, -0.1) is 0 Å². The second kappa shape index (κ2) is 5.04. The number of carbonyl (C=O) groups excluding carboxylic acids is 2. The number of amides is 2. The zero-order valence-electron chi connectivity index (χ0n) is 10.5. The fourth-order valence-electron chi connectivity index (χ4n) is 2.06. The Morgan fingerprint density at radius 3 is 2.56 bits per heavy atom. The van der Waals surface area contributed by atoms with Crippen molar-refractivity contribution in [1.29, 1.82) is 0 Å². The lowest BCUT2D eigenvalue weighted by Gasteiger charge is -2.32. The van der Waals surface area contributed by atoms with Gasteiger partial charge in [0.05, 0.1) is 5.70 Å². The summed E-state index contributed by atoms with van der Waals surface area (Å²) in [5.74, 6) is -0.251. The molecule has 0 saturated carbocycles. The van der Waals surface area contributed by atoms with Gasteiger partial charge in [-0.05, 0) is 12.0 Å². The average Bonchev–Trinajstić information content (AvgIpc) is 2.38. The number of hydrogen-bond donors (Lipinski definition) is 1. The van der Waals surface area contributed by atoms with E-state index < -0.39 is 6.04 Å². The molecular weight excluding hydrogens is 228 g/mol. The van der Waals surface area contributed by atoms with E-state index in [0.717, 1.165) is 5.56 Å². The lowest BCUT2D eigenvalue weighted by atomic mass is 10.1. The summed E-state index contributed by atoms with van der Waals surface area (Å²) in [5.41, 5.74) is 1.56. The van der Waals surface area contributed by atoms with E-state index in [0.29, 0.717) is 12.1 Å². The van der Waals surface area contributed by atoms with Gasteiger partial charge in [0, 0.05) is 13.1 Å². The summed E-state index contributed by atoms with van der Waals surface area (Å²) in [4.78, 5) is 25.1. The van der Waals surface area contributed by atoms with E-state index in [-0.39, 0.29) is 11.8 Å². The third-order valence-corrected chi connectivity index (χ3v) is 3.00. The molecule has 4 nitrogen and oxygen atoms in total. The molecule has 1 unspecified atom stereocenters. The van der Waals surface area contributed by atoms with Gasteiger partial charge in [0.2, 0.25) is 11.8 Å². The van der Waals surface area contributed by atoms with Crippen LogP contribution in [0.4, 0.5) is 0 Å². The highest BCUT2D eigenvalue weighted by Gasteiger charge is 2.30. The van der Waals surface area contributed by atoms with Crippen molar-refractivity contribution in [3.63, 3.8) is 0 Å². The molecule has 0 spiro atoms. The monoisotopic (exact) mass is 244 g/mol. The van der Waals surface area contributed by atoms with Crippen LogP contribution in [-0.4, -0.2) is 22.8 Å². The molecule has 1 aliphatic rings. The van der Waals surface area contributed by atoms with E-state index in [1.165, 1.54) is 11.8 Å². The highest BCUT2D eigenvalue weighted by atomic mass is 16.2. The maximum absolute atomic E-state index is 12.0. The van der Waals surface area contributed by atoms with Crippen LogP contribution in [0.15, 0.2) is 36.5 Å². The third-order valence-electron chi connectivity index (χ3n) is 3.00. The van der Waals surface area contributed by atoms with E-state index >= 15 is 0 Å². The smallest absolute Gasteiger partial charge is 0.247 e.